The number of nitrogens with one attached hydrogen (secondary N) is 2. The average molecular weight is 327 g/mol. The lowest BCUT2D eigenvalue weighted by molar-refractivity contribution is 0.244. The van der Waals surface area contributed by atoms with E-state index in [0.717, 1.165) is 16.9 Å². The van der Waals surface area contributed by atoms with Crippen molar-refractivity contribution < 1.29 is 9.90 Å². The van der Waals surface area contributed by atoms with E-state index in [2.05, 4.69) is 10.6 Å². The van der Waals surface area contributed by atoms with Crippen LogP contribution in [0.4, 0.5) is 16.2 Å². The fourth-order valence-corrected chi connectivity index (χ4v) is 2.59. The highest BCUT2D eigenvalue weighted by Gasteiger charge is 2.15. The predicted octanol–water partition coefficient (Wildman–Crippen LogP) is 3.39. The second-order valence-corrected chi connectivity index (χ2v) is 5.84. The van der Waals surface area contributed by atoms with Crippen molar-refractivity contribution >= 4 is 17.4 Å². The molecule has 0 fully saturated rings. The molecule has 0 heterocycles. The number of carbonyl (C=O) groups is 1. The molecule has 2 amide bonds. The van der Waals surface area contributed by atoms with Crippen molar-refractivity contribution in [3.05, 3.63) is 60.2 Å². The van der Waals surface area contributed by atoms with Crippen LogP contribution in [0.1, 0.15) is 24.4 Å². The third-order valence-corrected chi connectivity index (χ3v) is 3.79. The third kappa shape index (κ3) is 4.99. The Morgan fingerprint density at radius 2 is 1.75 bits per heavy atom. The van der Waals surface area contributed by atoms with Gasteiger partial charge in [0.25, 0.3) is 0 Å². The van der Waals surface area contributed by atoms with Crippen LogP contribution in [-0.4, -0.2) is 31.8 Å². The van der Waals surface area contributed by atoms with Gasteiger partial charge in [0.2, 0.25) is 0 Å². The van der Waals surface area contributed by atoms with E-state index < -0.39 is 0 Å². The fourth-order valence-electron chi connectivity index (χ4n) is 2.59. The molecular formula is C19H25N3O2. The molecule has 0 aliphatic rings. The quantitative estimate of drug-likeness (QED) is 0.730. The smallest absolute Gasteiger partial charge is 0.319 e. The van der Waals surface area contributed by atoms with Crippen LogP contribution in [0, 0.1) is 0 Å². The molecule has 0 radical (unpaired) electrons. The standard InChI is InChI=1S/C19H25N3O2/c1-22(2)18-13-7-6-11-17(18)21-19(24)20-16(12-8-14-23)15-9-4-3-5-10-15/h3-7,9-11,13,16,23H,8,12,14H2,1-2H3,(H2,20,21,24)/t16-/m0/s1. The number of anilines is 2. The summed E-state index contributed by atoms with van der Waals surface area (Å²) in [5.41, 5.74) is 2.73. The minimum Gasteiger partial charge on any atom is -0.396 e. The van der Waals surface area contributed by atoms with Crippen LogP contribution < -0.4 is 15.5 Å². The number of nitrogens with zero attached hydrogens (tertiary/aromatic N) is 1. The maximum Gasteiger partial charge on any atom is 0.319 e. The zero-order valence-corrected chi connectivity index (χ0v) is 14.2. The molecule has 0 aliphatic carbocycles. The fraction of sp³-hybridized carbons (Fsp3) is 0.316. The van der Waals surface area contributed by atoms with Gasteiger partial charge in [0.15, 0.2) is 0 Å². The first-order valence-corrected chi connectivity index (χ1v) is 8.11. The summed E-state index contributed by atoms with van der Waals surface area (Å²) in [5, 5.41) is 15.0. The van der Waals surface area contributed by atoms with E-state index in [-0.39, 0.29) is 18.7 Å². The molecule has 0 aromatic heterocycles. The molecule has 1 atom stereocenters. The first-order chi connectivity index (χ1) is 11.6. The second kappa shape index (κ2) is 8.93. The summed E-state index contributed by atoms with van der Waals surface area (Å²) in [6.07, 6.45) is 1.32. The maximum absolute atomic E-state index is 12.4. The molecule has 0 aliphatic heterocycles. The lowest BCUT2D eigenvalue weighted by atomic mass is 10.0. The topological polar surface area (TPSA) is 64.6 Å². The number of hydrogen-bond donors (Lipinski definition) is 3. The molecule has 0 bridgehead atoms. The van der Waals surface area contributed by atoms with Gasteiger partial charge in [0, 0.05) is 20.7 Å². The molecule has 128 valence electrons. The zero-order valence-electron chi connectivity index (χ0n) is 14.2. The van der Waals surface area contributed by atoms with E-state index in [1.54, 1.807) is 0 Å². The third-order valence-electron chi connectivity index (χ3n) is 3.79. The monoisotopic (exact) mass is 327 g/mol. The van der Waals surface area contributed by atoms with Crippen LogP contribution in [0.25, 0.3) is 0 Å². The molecular weight excluding hydrogens is 302 g/mol. The van der Waals surface area contributed by atoms with Crippen molar-refractivity contribution in [1.29, 1.82) is 0 Å². The van der Waals surface area contributed by atoms with Crippen LogP contribution >= 0.6 is 0 Å². The Morgan fingerprint density at radius 1 is 1.08 bits per heavy atom. The van der Waals surface area contributed by atoms with E-state index >= 15 is 0 Å². The molecule has 3 N–H and O–H groups in total. The van der Waals surface area contributed by atoms with Gasteiger partial charge in [-0.2, -0.15) is 0 Å². The Morgan fingerprint density at radius 3 is 2.42 bits per heavy atom. The first-order valence-electron chi connectivity index (χ1n) is 8.11. The van der Waals surface area contributed by atoms with Crippen LogP contribution in [0.3, 0.4) is 0 Å². The lowest BCUT2D eigenvalue weighted by Gasteiger charge is -2.21. The number of para-hydroxylation sites is 2. The highest BCUT2D eigenvalue weighted by molar-refractivity contribution is 5.93. The summed E-state index contributed by atoms with van der Waals surface area (Å²) in [6, 6.07) is 17.1. The summed E-state index contributed by atoms with van der Waals surface area (Å²) >= 11 is 0. The van der Waals surface area contributed by atoms with Crippen molar-refractivity contribution in [1.82, 2.24) is 5.32 Å². The van der Waals surface area contributed by atoms with Crippen molar-refractivity contribution in [3.63, 3.8) is 0 Å². The largest absolute Gasteiger partial charge is 0.396 e. The van der Waals surface area contributed by atoms with Gasteiger partial charge in [-0.1, -0.05) is 42.5 Å². The van der Waals surface area contributed by atoms with Gasteiger partial charge < -0.3 is 20.6 Å². The molecule has 24 heavy (non-hydrogen) atoms. The molecule has 5 heteroatoms. The Kier molecular flexibility index (Phi) is 6.63. The number of benzene rings is 2. The molecule has 2 aromatic carbocycles. The minimum absolute atomic E-state index is 0.107. The van der Waals surface area contributed by atoms with E-state index in [9.17, 15) is 4.79 Å². The number of aliphatic hydroxyl groups is 1. The van der Waals surface area contributed by atoms with Crippen LogP contribution in [0.5, 0.6) is 0 Å². The minimum atomic E-state index is -0.254. The average Bonchev–Trinajstić information content (AvgIpc) is 2.59. The lowest BCUT2D eigenvalue weighted by Crippen LogP contribution is -2.33. The molecule has 0 spiro atoms. The Labute approximate surface area is 143 Å². The first kappa shape index (κ1) is 17.8. The Bertz CT molecular complexity index is 644. The SMILES string of the molecule is CN(C)c1ccccc1NC(=O)N[C@@H](CCCO)c1ccccc1. The number of urea groups is 1. The highest BCUT2D eigenvalue weighted by atomic mass is 16.3. The number of amides is 2. The van der Waals surface area contributed by atoms with E-state index in [4.69, 9.17) is 5.11 Å². The number of aliphatic hydroxyl groups excluding tert-OH is 1. The van der Waals surface area contributed by atoms with E-state index in [1.165, 1.54) is 0 Å². The summed E-state index contributed by atoms with van der Waals surface area (Å²) in [4.78, 5) is 14.4. The van der Waals surface area contributed by atoms with Crippen LogP contribution in [0.15, 0.2) is 54.6 Å². The van der Waals surface area contributed by atoms with Gasteiger partial charge in [0.05, 0.1) is 17.4 Å². The molecule has 5 nitrogen and oxygen atoms in total. The Hall–Kier alpha value is -2.53. The van der Waals surface area contributed by atoms with Gasteiger partial charge in [-0.15, -0.1) is 0 Å². The molecule has 0 unspecified atom stereocenters. The number of hydrogen-bond acceptors (Lipinski definition) is 3. The van der Waals surface area contributed by atoms with Crippen molar-refractivity contribution in [3.8, 4) is 0 Å². The van der Waals surface area contributed by atoms with Crippen molar-refractivity contribution in [2.24, 2.45) is 0 Å². The summed E-state index contributed by atoms with van der Waals surface area (Å²) < 4.78 is 0. The predicted molar refractivity (Wildman–Crippen MR) is 98.4 cm³/mol. The van der Waals surface area contributed by atoms with Crippen LogP contribution in [0.2, 0.25) is 0 Å². The molecule has 2 rings (SSSR count). The summed E-state index contributed by atoms with van der Waals surface area (Å²) in [7, 11) is 3.87. The number of rotatable bonds is 7. The van der Waals surface area contributed by atoms with Crippen molar-refractivity contribution in [2.45, 2.75) is 18.9 Å². The van der Waals surface area contributed by atoms with Crippen LogP contribution in [-0.2, 0) is 0 Å². The Balaban J connectivity index is 2.08. The summed E-state index contributed by atoms with van der Waals surface area (Å²) in [6.45, 7) is 0.107. The highest BCUT2D eigenvalue weighted by Crippen LogP contribution is 2.24. The van der Waals surface area contributed by atoms with E-state index in [0.29, 0.717) is 12.8 Å². The van der Waals surface area contributed by atoms with Crippen molar-refractivity contribution in [2.75, 3.05) is 30.9 Å². The maximum atomic E-state index is 12.4. The van der Waals surface area contributed by atoms with E-state index in [1.807, 2.05) is 73.6 Å². The van der Waals surface area contributed by atoms with Gasteiger partial charge in [-0.05, 0) is 30.5 Å². The van der Waals surface area contributed by atoms with Gasteiger partial charge >= 0.3 is 6.03 Å². The molecule has 2 aromatic rings. The number of carbonyl (C=O) groups excluding carboxylic acids is 1. The molecule has 0 saturated carbocycles. The van der Waals surface area contributed by atoms with Gasteiger partial charge in [-0.3, -0.25) is 0 Å². The van der Waals surface area contributed by atoms with Gasteiger partial charge in [0.1, 0.15) is 0 Å². The molecule has 0 saturated heterocycles. The van der Waals surface area contributed by atoms with Gasteiger partial charge in [-0.25, -0.2) is 4.79 Å². The normalized spacial score (nSPS) is 11.6. The zero-order chi connectivity index (χ0) is 17.4. The summed E-state index contributed by atoms with van der Waals surface area (Å²) in [5.74, 6) is 0. The second-order valence-electron chi connectivity index (χ2n) is 5.84.